The van der Waals surface area contributed by atoms with Gasteiger partial charge in [0.1, 0.15) is 18.3 Å². The second-order valence-electron chi connectivity index (χ2n) is 7.17. The van der Waals surface area contributed by atoms with Crippen LogP contribution in [-0.4, -0.2) is 85.3 Å². The summed E-state index contributed by atoms with van der Waals surface area (Å²) in [5.74, 6) is 0.0474. The van der Waals surface area contributed by atoms with Crippen LogP contribution in [0.1, 0.15) is 12.8 Å². The number of amides is 3. The number of aliphatic hydroxyl groups is 1. The summed E-state index contributed by atoms with van der Waals surface area (Å²) in [6.45, 7) is 2.54. The maximum Gasteiger partial charge on any atom is 0.319 e. The Hall–Kier alpha value is -1.72. The number of urea groups is 1. The summed E-state index contributed by atoms with van der Waals surface area (Å²) < 4.78 is 17.0. The Morgan fingerprint density at radius 2 is 2.11 bits per heavy atom. The number of thiophene rings is 1. The molecule has 28 heavy (non-hydrogen) atoms. The van der Waals surface area contributed by atoms with Crippen LogP contribution in [0.3, 0.4) is 0 Å². The summed E-state index contributed by atoms with van der Waals surface area (Å²) in [7, 11) is 0. The molecule has 3 amide bonds. The average Bonchev–Trinajstić information content (AvgIpc) is 3.40. The van der Waals surface area contributed by atoms with E-state index < -0.39 is 18.3 Å². The van der Waals surface area contributed by atoms with Gasteiger partial charge in [-0.05, 0) is 17.5 Å². The van der Waals surface area contributed by atoms with E-state index in [1.165, 1.54) is 11.3 Å². The maximum absolute atomic E-state index is 12.4. The number of hydrogen-bond donors (Lipinski definition) is 3. The number of ether oxygens (including phenoxy) is 3. The van der Waals surface area contributed by atoms with Crippen molar-refractivity contribution in [2.75, 3.05) is 38.2 Å². The van der Waals surface area contributed by atoms with Crippen LogP contribution < -0.4 is 10.6 Å². The fourth-order valence-corrected chi connectivity index (χ4v) is 4.46. The van der Waals surface area contributed by atoms with E-state index in [4.69, 9.17) is 14.2 Å². The number of carbonyl (C=O) groups is 2. The monoisotopic (exact) mass is 411 g/mol. The summed E-state index contributed by atoms with van der Waals surface area (Å²) in [6.07, 6.45) is -1.49. The average molecular weight is 411 g/mol. The van der Waals surface area contributed by atoms with Gasteiger partial charge in [-0.2, -0.15) is 0 Å². The van der Waals surface area contributed by atoms with Crippen molar-refractivity contribution < 1.29 is 28.9 Å². The number of rotatable bonds is 5. The molecule has 5 atom stereocenters. The van der Waals surface area contributed by atoms with Crippen molar-refractivity contribution in [3.8, 4) is 0 Å². The van der Waals surface area contributed by atoms with Gasteiger partial charge in [0.05, 0.1) is 36.8 Å². The summed E-state index contributed by atoms with van der Waals surface area (Å²) in [5, 5.41) is 18.6. The van der Waals surface area contributed by atoms with E-state index >= 15 is 0 Å². The van der Waals surface area contributed by atoms with Crippen molar-refractivity contribution in [2.45, 2.75) is 43.4 Å². The highest BCUT2D eigenvalue weighted by molar-refractivity contribution is 7.14. The predicted octanol–water partition coefficient (Wildman–Crippen LogP) is 0.404. The summed E-state index contributed by atoms with van der Waals surface area (Å²) >= 11 is 1.43. The van der Waals surface area contributed by atoms with Crippen molar-refractivity contribution in [1.29, 1.82) is 0 Å². The fourth-order valence-electron chi connectivity index (χ4n) is 3.84. The molecule has 5 unspecified atom stereocenters. The van der Waals surface area contributed by atoms with Crippen LogP contribution >= 0.6 is 11.3 Å². The van der Waals surface area contributed by atoms with Gasteiger partial charge in [0.25, 0.3) is 0 Å². The van der Waals surface area contributed by atoms with Crippen molar-refractivity contribution in [3.05, 3.63) is 17.5 Å². The molecule has 3 aliphatic rings. The first-order chi connectivity index (χ1) is 13.6. The zero-order chi connectivity index (χ0) is 19.5. The Balaban J connectivity index is 1.21. The zero-order valence-corrected chi connectivity index (χ0v) is 16.2. The Morgan fingerprint density at radius 3 is 2.82 bits per heavy atom. The molecule has 3 aliphatic heterocycles. The highest BCUT2D eigenvalue weighted by Crippen LogP contribution is 2.35. The molecule has 0 radical (unpaired) electrons. The van der Waals surface area contributed by atoms with E-state index in [0.29, 0.717) is 32.7 Å². The van der Waals surface area contributed by atoms with Crippen molar-refractivity contribution in [2.24, 2.45) is 0 Å². The van der Waals surface area contributed by atoms with Crippen LogP contribution in [0.15, 0.2) is 17.5 Å². The summed E-state index contributed by atoms with van der Waals surface area (Å²) in [6, 6.07) is 3.31. The van der Waals surface area contributed by atoms with E-state index in [1.54, 1.807) is 4.90 Å². The molecule has 3 saturated heterocycles. The van der Waals surface area contributed by atoms with Gasteiger partial charge in [-0.15, -0.1) is 11.3 Å². The normalized spacial score (nSPS) is 32.2. The first-order valence-electron chi connectivity index (χ1n) is 9.53. The van der Waals surface area contributed by atoms with Gasteiger partial charge in [0, 0.05) is 26.1 Å². The predicted molar refractivity (Wildman–Crippen MR) is 101 cm³/mol. The Bertz CT molecular complexity index is 681. The Morgan fingerprint density at radius 1 is 1.29 bits per heavy atom. The minimum Gasteiger partial charge on any atom is -0.388 e. The third-order valence-corrected chi connectivity index (χ3v) is 6.05. The Kier molecular flexibility index (Phi) is 6.12. The molecule has 9 nitrogen and oxygen atoms in total. The van der Waals surface area contributed by atoms with Crippen LogP contribution in [0.25, 0.3) is 0 Å². The standard InChI is InChI=1S/C18H25N3O6S/c22-15(21-3-5-25-6-4-21)9-11-8-12-17(26-11)16(23)13(27-12)10-19-18(24)20-14-2-1-7-28-14/h1-2,7,11-13,16-17,23H,3-6,8-10H2,(H2,19,20,24). The quantitative estimate of drug-likeness (QED) is 0.647. The molecular weight excluding hydrogens is 386 g/mol. The van der Waals surface area contributed by atoms with Crippen LogP contribution in [-0.2, 0) is 19.0 Å². The van der Waals surface area contributed by atoms with E-state index in [-0.39, 0.29) is 37.1 Å². The minimum absolute atomic E-state index is 0.0474. The van der Waals surface area contributed by atoms with Gasteiger partial charge in [-0.1, -0.05) is 0 Å². The van der Waals surface area contributed by atoms with Gasteiger partial charge >= 0.3 is 6.03 Å². The SMILES string of the molecule is O=C(NCC1OC2CC(CC(=O)N3CCOCC3)OC2C1O)Nc1cccs1. The van der Waals surface area contributed by atoms with Gasteiger partial charge in [-0.25, -0.2) is 4.79 Å². The lowest BCUT2D eigenvalue weighted by molar-refractivity contribution is -0.138. The molecular formula is C18H25N3O6S. The number of anilines is 1. The molecule has 3 N–H and O–H groups in total. The first kappa shape index (κ1) is 19.6. The number of aliphatic hydroxyl groups excluding tert-OH is 1. The van der Waals surface area contributed by atoms with E-state index in [2.05, 4.69) is 10.6 Å². The highest BCUT2D eigenvalue weighted by atomic mass is 32.1. The van der Waals surface area contributed by atoms with Gasteiger partial charge in [0.15, 0.2) is 0 Å². The lowest BCUT2D eigenvalue weighted by Gasteiger charge is -2.28. The van der Waals surface area contributed by atoms with Crippen molar-refractivity contribution in [3.63, 3.8) is 0 Å². The molecule has 3 fully saturated rings. The number of hydrogen-bond acceptors (Lipinski definition) is 7. The largest absolute Gasteiger partial charge is 0.388 e. The molecule has 4 heterocycles. The molecule has 4 rings (SSSR count). The number of carbonyl (C=O) groups excluding carboxylic acids is 2. The summed E-state index contributed by atoms with van der Waals surface area (Å²) in [5.41, 5.74) is 0. The highest BCUT2D eigenvalue weighted by Gasteiger charge is 2.50. The fraction of sp³-hybridized carbons (Fsp3) is 0.667. The first-order valence-corrected chi connectivity index (χ1v) is 10.4. The lowest BCUT2D eigenvalue weighted by atomic mass is 10.1. The minimum atomic E-state index is -0.837. The zero-order valence-electron chi connectivity index (χ0n) is 15.4. The topological polar surface area (TPSA) is 109 Å². The van der Waals surface area contributed by atoms with Crippen molar-refractivity contribution in [1.82, 2.24) is 10.2 Å². The van der Waals surface area contributed by atoms with Crippen LogP contribution in [0, 0.1) is 0 Å². The van der Waals surface area contributed by atoms with E-state index in [1.807, 2.05) is 17.5 Å². The number of nitrogens with zero attached hydrogens (tertiary/aromatic N) is 1. The molecule has 0 bridgehead atoms. The smallest absolute Gasteiger partial charge is 0.319 e. The molecule has 154 valence electrons. The third-order valence-electron chi connectivity index (χ3n) is 5.27. The second kappa shape index (κ2) is 8.75. The molecule has 0 saturated carbocycles. The van der Waals surface area contributed by atoms with Crippen LogP contribution in [0.2, 0.25) is 0 Å². The van der Waals surface area contributed by atoms with E-state index in [9.17, 15) is 14.7 Å². The molecule has 1 aromatic heterocycles. The lowest BCUT2D eigenvalue weighted by Crippen LogP contribution is -2.43. The van der Waals surface area contributed by atoms with Crippen LogP contribution in [0.4, 0.5) is 9.80 Å². The maximum atomic E-state index is 12.4. The molecule has 10 heteroatoms. The van der Waals surface area contributed by atoms with Crippen LogP contribution in [0.5, 0.6) is 0 Å². The number of morpholine rings is 1. The summed E-state index contributed by atoms with van der Waals surface area (Å²) in [4.78, 5) is 26.1. The Labute approximate surface area is 166 Å². The number of nitrogens with one attached hydrogen (secondary N) is 2. The molecule has 0 aliphatic carbocycles. The van der Waals surface area contributed by atoms with Gasteiger partial charge < -0.3 is 29.5 Å². The van der Waals surface area contributed by atoms with E-state index in [0.717, 1.165) is 5.00 Å². The third kappa shape index (κ3) is 4.47. The molecule has 0 aromatic carbocycles. The van der Waals surface area contributed by atoms with Crippen molar-refractivity contribution >= 4 is 28.3 Å². The molecule has 1 aromatic rings. The molecule has 0 spiro atoms. The van der Waals surface area contributed by atoms with Gasteiger partial charge in [-0.3, -0.25) is 10.1 Å². The van der Waals surface area contributed by atoms with Gasteiger partial charge in [0.2, 0.25) is 5.91 Å². The second-order valence-corrected chi connectivity index (χ2v) is 8.12. The number of fused-ring (bicyclic) bond motifs is 1.